The van der Waals surface area contributed by atoms with E-state index in [2.05, 4.69) is 10.3 Å². The number of amides is 1. The van der Waals surface area contributed by atoms with E-state index in [9.17, 15) is 9.18 Å². The minimum absolute atomic E-state index is 0.132. The number of nitrogens with zero attached hydrogens (tertiary/aromatic N) is 2. The van der Waals surface area contributed by atoms with Gasteiger partial charge in [-0.2, -0.15) is 0 Å². The summed E-state index contributed by atoms with van der Waals surface area (Å²) < 4.78 is 13.1. The Balaban J connectivity index is 2.22. The molecule has 0 bridgehead atoms. The molecule has 4 nitrogen and oxygen atoms in total. The highest BCUT2D eigenvalue weighted by molar-refractivity contribution is 5.86. The molecule has 0 saturated carbocycles. The maximum Gasteiger partial charge on any atom is 0.233 e. The van der Waals surface area contributed by atoms with Crippen molar-refractivity contribution < 1.29 is 9.18 Å². The number of aromatic nitrogens is 1. The van der Waals surface area contributed by atoms with Crippen LogP contribution in [0.2, 0.25) is 0 Å². The van der Waals surface area contributed by atoms with Gasteiger partial charge in [-0.3, -0.25) is 9.78 Å². The number of halogens is 1. The molecule has 2 aromatic rings. The first-order chi connectivity index (χ1) is 10.6. The van der Waals surface area contributed by atoms with Crippen LogP contribution in [0.5, 0.6) is 0 Å². The van der Waals surface area contributed by atoms with E-state index in [-0.39, 0.29) is 11.7 Å². The number of nitrogens with one attached hydrogen (secondary N) is 1. The largest absolute Gasteiger partial charge is 0.354 e. The van der Waals surface area contributed by atoms with E-state index in [1.807, 2.05) is 25.1 Å². The van der Waals surface area contributed by atoms with Gasteiger partial charge in [-0.05, 0) is 43.9 Å². The van der Waals surface area contributed by atoms with Crippen LogP contribution in [0.3, 0.4) is 0 Å². The molecule has 0 aliphatic carbocycles. The Morgan fingerprint density at radius 1 is 1.23 bits per heavy atom. The lowest BCUT2D eigenvalue weighted by atomic mass is 9.94. The van der Waals surface area contributed by atoms with Crippen LogP contribution in [0.4, 0.5) is 4.39 Å². The molecule has 22 heavy (non-hydrogen) atoms. The van der Waals surface area contributed by atoms with E-state index in [1.54, 1.807) is 30.5 Å². The first-order valence-corrected chi connectivity index (χ1v) is 7.17. The van der Waals surface area contributed by atoms with E-state index in [0.717, 1.165) is 12.1 Å². The second-order valence-electron chi connectivity index (χ2n) is 5.33. The predicted molar refractivity (Wildman–Crippen MR) is 84.0 cm³/mol. The van der Waals surface area contributed by atoms with Gasteiger partial charge in [-0.15, -0.1) is 0 Å². The van der Waals surface area contributed by atoms with Crippen molar-refractivity contribution in [2.45, 2.75) is 5.92 Å². The molecule has 1 heterocycles. The van der Waals surface area contributed by atoms with Crippen molar-refractivity contribution >= 4 is 5.91 Å². The molecule has 1 atom stereocenters. The zero-order valence-electron chi connectivity index (χ0n) is 12.8. The minimum Gasteiger partial charge on any atom is -0.354 e. The van der Waals surface area contributed by atoms with Gasteiger partial charge in [0.25, 0.3) is 0 Å². The van der Waals surface area contributed by atoms with Gasteiger partial charge in [-0.1, -0.05) is 18.2 Å². The van der Waals surface area contributed by atoms with Crippen LogP contribution in [0.25, 0.3) is 0 Å². The molecule has 0 aliphatic rings. The number of carbonyl (C=O) groups excluding carboxylic acids is 1. The van der Waals surface area contributed by atoms with Crippen LogP contribution < -0.4 is 5.32 Å². The summed E-state index contributed by atoms with van der Waals surface area (Å²) >= 11 is 0. The number of benzene rings is 1. The van der Waals surface area contributed by atoms with Crippen LogP contribution in [-0.4, -0.2) is 43.0 Å². The maximum absolute atomic E-state index is 13.1. The van der Waals surface area contributed by atoms with E-state index in [1.165, 1.54) is 12.1 Å². The van der Waals surface area contributed by atoms with Crippen molar-refractivity contribution in [3.63, 3.8) is 0 Å². The van der Waals surface area contributed by atoms with E-state index < -0.39 is 5.92 Å². The molecule has 0 fully saturated rings. The quantitative estimate of drug-likeness (QED) is 0.888. The van der Waals surface area contributed by atoms with Crippen LogP contribution >= 0.6 is 0 Å². The Morgan fingerprint density at radius 3 is 2.55 bits per heavy atom. The summed E-state index contributed by atoms with van der Waals surface area (Å²) in [5, 5.41) is 2.91. The Morgan fingerprint density at radius 2 is 1.95 bits per heavy atom. The average molecular weight is 301 g/mol. The van der Waals surface area contributed by atoms with Gasteiger partial charge in [0.1, 0.15) is 11.7 Å². The van der Waals surface area contributed by atoms with Gasteiger partial charge in [0.05, 0.1) is 5.69 Å². The molecule has 116 valence electrons. The molecule has 0 aliphatic heterocycles. The molecule has 1 aromatic carbocycles. The molecule has 0 radical (unpaired) electrons. The van der Waals surface area contributed by atoms with Crippen LogP contribution in [0.15, 0.2) is 48.7 Å². The van der Waals surface area contributed by atoms with E-state index >= 15 is 0 Å². The lowest BCUT2D eigenvalue weighted by Crippen LogP contribution is -2.35. The van der Waals surface area contributed by atoms with Gasteiger partial charge in [0.2, 0.25) is 5.91 Å². The third-order valence-corrected chi connectivity index (χ3v) is 3.31. The van der Waals surface area contributed by atoms with Crippen LogP contribution in [0, 0.1) is 5.82 Å². The van der Waals surface area contributed by atoms with E-state index in [4.69, 9.17) is 0 Å². The van der Waals surface area contributed by atoms with E-state index in [0.29, 0.717) is 12.2 Å². The summed E-state index contributed by atoms with van der Waals surface area (Å²) in [6, 6.07) is 11.4. The fourth-order valence-corrected chi connectivity index (χ4v) is 2.16. The third-order valence-electron chi connectivity index (χ3n) is 3.31. The molecular weight excluding hydrogens is 281 g/mol. The molecule has 0 spiro atoms. The highest BCUT2D eigenvalue weighted by Crippen LogP contribution is 2.23. The Hall–Kier alpha value is -2.27. The summed E-state index contributed by atoms with van der Waals surface area (Å²) in [6.07, 6.45) is 1.65. The molecule has 5 heteroatoms. The Kier molecular flexibility index (Phi) is 5.61. The molecule has 2 rings (SSSR count). The highest BCUT2D eigenvalue weighted by Gasteiger charge is 2.23. The zero-order valence-corrected chi connectivity index (χ0v) is 12.8. The smallest absolute Gasteiger partial charge is 0.233 e. The highest BCUT2D eigenvalue weighted by atomic mass is 19.1. The van der Waals surface area contributed by atoms with Gasteiger partial charge >= 0.3 is 0 Å². The summed E-state index contributed by atoms with van der Waals surface area (Å²) in [5.41, 5.74) is 1.37. The predicted octanol–water partition coefficient (Wildman–Crippen LogP) is 2.03. The second kappa shape index (κ2) is 7.66. The fraction of sp³-hybridized carbons (Fsp3) is 0.294. The maximum atomic E-state index is 13.1. The van der Waals surface area contributed by atoms with Crippen molar-refractivity contribution in [3.05, 3.63) is 65.7 Å². The molecule has 1 amide bonds. The number of hydrogen-bond donors (Lipinski definition) is 1. The normalized spacial score (nSPS) is 12.2. The Bertz CT molecular complexity index is 599. The lowest BCUT2D eigenvalue weighted by Gasteiger charge is -2.18. The first kappa shape index (κ1) is 16.1. The molecular formula is C17H20FN3O. The summed E-state index contributed by atoms with van der Waals surface area (Å²) in [6.45, 7) is 1.31. The Labute approximate surface area is 130 Å². The molecule has 1 aromatic heterocycles. The topological polar surface area (TPSA) is 45.2 Å². The van der Waals surface area contributed by atoms with Crippen LogP contribution in [0.1, 0.15) is 17.2 Å². The number of rotatable bonds is 6. The van der Waals surface area contributed by atoms with Crippen molar-refractivity contribution in [2.24, 2.45) is 0 Å². The fourth-order valence-electron chi connectivity index (χ4n) is 2.16. The third kappa shape index (κ3) is 4.36. The summed E-state index contributed by atoms with van der Waals surface area (Å²) in [4.78, 5) is 18.8. The second-order valence-corrected chi connectivity index (χ2v) is 5.33. The first-order valence-electron chi connectivity index (χ1n) is 7.17. The summed E-state index contributed by atoms with van der Waals surface area (Å²) in [7, 11) is 3.89. The standard InChI is InChI=1S/C17H20FN3O/c1-21(2)12-11-20-17(22)16(15-5-3-4-10-19-15)13-6-8-14(18)9-7-13/h3-10,16H,11-12H2,1-2H3,(H,20,22). The monoisotopic (exact) mass is 301 g/mol. The minimum atomic E-state index is -0.538. The van der Waals surface area contributed by atoms with Crippen molar-refractivity contribution in [2.75, 3.05) is 27.2 Å². The van der Waals surface area contributed by atoms with Crippen molar-refractivity contribution in [1.29, 1.82) is 0 Å². The molecule has 0 saturated heterocycles. The van der Waals surface area contributed by atoms with Gasteiger partial charge < -0.3 is 10.2 Å². The average Bonchev–Trinajstić information content (AvgIpc) is 2.50. The summed E-state index contributed by atoms with van der Waals surface area (Å²) in [5.74, 6) is -0.993. The zero-order chi connectivity index (χ0) is 15.9. The SMILES string of the molecule is CN(C)CCNC(=O)C(c1ccc(F)cc1)c1ccccn1. The van der Waals surface area contributed by atoms with Gasteiger partial charge in [-0.25, -0.2) is 4.39 Å². The van der Waals surface area contributed by atoms with Crippen molar-refractivity contribution in [1.82, 2.24) is 15.2 Å². The van der Waals surface area contributed by atoms with Gasteiger partial charge in [0, 0.05) is 19.3 Å². The molecule has 1 unspecified atom stereocenters. The van der Waals surface area contributed by atoms with Crippen LogP contribution in [-0.2, 0) is 4.79 Å². The molecule has 1 N–H and O–H groups in total. The van der Waals surface area contributed by atoms with Crippen molar-refractivity contribution in [3.8, 4) is 0 Å². The number of carbonyl (C=O) groups is 1. The van der Waals surface area contributed by atoms with Gasteiger partial charge in [0.15, 0.2) is 0 Å². The number of likely N-dealkylation sites (N-methyl/N-ethyl adjacent to an activating group) is 1. The number of hydrogen-bond acceptors (Lipinski definition) is 3. The lowest BCUT2D eigenvalue weighted by molar-refractivity contribution is -0.121. The number of pyridine rings is 1.